The van der Waals surface area contributed by atoms with Crippen molar-refractivity contribution in [2.75, 3.05) is 27.3 Å². The van der Waals surface area contributed by atoms with Crippen LogP contribution in [-0.4, -0.2) is 47.3 Å². The third kappa shape index (κ3) is 3.71. The normalized spacial score (nSPS) is 26.7. The van der Waals surface area contributed by atoms with Crippen molar-refractivity contribution < 1.29 is 14.6 Å². The van der Waals surface area contributed by atoms with E-state index in [2.05, 4.69) is 53.0 Å². The maximum atomic E-state index is 11.7. The van der Waals surface area contributed by atoms with E-state index in [1.807, 2.05) is 0 Å². The first kappa shape index (κ1) is 20.1. The van der Waals surface area contributed by atoms with Gasteiger partial charge in [-0.05, 0) is 35.8 Å². The first-order chi connectivity index (χ1) is 13.9. The van der Waals surface area contributed by atoms with E-state index in [1.165, 1.54) is 18.2 Å². The zero-order chi connectivity index (χ0) is 20.6. The van der Waals surface area contributed by atoms with Gasteiger partial charge in [-0.2, -0.15) is 4.98 Å². The number of ether oxygens (including phenoxy) is 2. The second-order valence-electron chi connectivity index (χ2n) is 8.70. The van der Waals surface area contributed by atoms with E-state index in [-0.39, 0.29) is 11.9 Å². The lowest BCUT2D eigenvalue weighted by Crippen LogP contribution is -2.35. The van der Waals surface area contributed by atoms with Crippen molar-refractivity contribution in [1.29, 1.82) is 0 Å². The van der Waals surface area contributed by atoms with Crippen LogP contribution in [0.3, 0.4) is 0 Å². The molecule has 3 atom stereocenters. The lowest BCUT2D eigenvalue weighted by Gasteiger charge is -2.31. The van der Waals surface area contributed by atoms with Gasteiger partial charge in [0.2, 0.25) is 5.88 Å². The molecule has 2 aromatic rings. The van der Waals surface area contributed by atoms with Crippen molar-refractivity contribution in [2.45, 2.75) is 44.8 Å². The fraction of sp³-hybridized carbons (Fsp3) is 0.565. The molecule has 1 aliphatic heterocycles. The summed E-state index contributed by atoms with van der Waals surface area (Å²) in [6.45, 7) is 7.22. The van der Waals surface area contributed by atoms with Crippen LogP contribution in [0.25, 0.3) is 0 Å². The zero-order valence-electron chi connectivity index (χ0n) is 17.8. The van der Waals surface area contributed by atoms with Crippen molar-refractivity contribution in [1.82, 2.24) is 14.9 Å². The molecule has 6 nitrogen and oxygen atoms in total. The molecule has 0 bridgehead atoms. The number of rotatable bonds is 6. The molecule has 1 aromatic heterocycles. The molecular weight excluding hydrogens is 366 g/mol. The van der Waals surface area contributed by atoms with Crippen LogP contribution < -0.4 is 9.47 Å². The first-order valence-electron chi connectivity index (χ1n) is 10.4. The third-order valence-corrected chi connectivity index (χ3v) is 6.65. The van der Waals surface area contributed by atoms with E-state index < -0.39 is 5.60 Å². The Labute approximate surface area is 172 Å². The minimum atomic E-state index is -0.960. The molecule has 156 valence electrons. The number of methoxy groups -OCH3 is 2. The molecular formula is C23H31N3O3. The molecule has 1 N–H and O–H groups in total. The van der Waals surface area contributed by atoms with Crippen LogP contribution in [0.5, 0.6) is 11.9 Å². The summed E-state index contributed by atoms with van der Waals surface area (Å²) in [7, 11) is 3.10. The second-order valence-corrected chi connectivity index (χ2v) is 8.70. The molecule has 1 aromatic carbocycles. The van der Waals surface area contributed by atoms with Gasteiger partial charge in [-0.3, -0.25) is 4.90 Å². The molecule has 2 heterocycles. The number of likely N-dealkylation sites (tertiary alicyclic amines) is 1. The standard InChI is InChI=1S/C23H31N3O3/c1-15(2)17-7-5-16(6-8-17)12-26-13-18-9-10-23(27,20(18)14-26)19-11-24-22(29-4)25-21(19)28-3/h5-8,11,15,18,20,27H,9-10,12-14H2,1-4H3/t18-,20+,23+/m0/s1. The Morgan fingerprint density at radius 3 is 2.59 bits per heavy atom. The second kappa shape index (κ2) is 7.92. The highest BCUT2D eigenvalue weighted by atomic mass is 16.5. The van der Waals surface area contributed by atoms with Gasteiger partial charge >= 0.3 is 6.01 Å². The highest BCUT2D eigenvalue weighted by Crippen LogP contribution is 2.52. The van der Waals surface area contributed by atoms with Crippen molar-refractivity contribution in [2.24, 2.45) is 11.8 Å². The Hall–Kier alpha value is -2.18. The van der Waals surface area contributed by atoms with Gasteiger partial charge in [0.05, 0.1) is 19.8 Å². The summed E-state index contributed by atoms with van der Waals surface area (Å²) in [5.74, 6) is 1.58. The van der Waals surface area contributed by atoms with Gasteiger partial charge < -0.3 is 14.6 Å². The molecule has 0 radical (unpaired) electrons. The molecule has 6 heteroatoms. The lowest BCUT2D eigenvalue weighted by atomic mass is 9.83. The van der Waals surface area contributed by atoms with Gasteiger partial charge in [0.25, 0.3) is 0 Å². The zero-order valence-corrected chi connectivity index (χ0v) is 17.8. The molecule has 1 saturated heterocycles. The highest BCUT2D eigenvalue weighted by Gasteiger charge is 2.53. The molecule has 0 spiro atoms. The Balaban J connectivity index is 1.51. The van der Waals surface area contributed by atoms with Crippen molar-refractivity contribution in [3.8, 4) is 11.9 Å². The fourth-order valence-electron chi connectivity index (χ4n) is 5.02. The largest absolute Gasteiger partial charge is 0.481 e. The predicted octanol–water partition coefficient (Wildman–Crippen LogP) is 3.35. The Bertz CT molecular complexity index is 855. The highest BCUT2D eigenvalue weighted by molar-refractivity contribution is 5.34. The summed E-state index contributed by atoms with van der Waals surface area (Å²) in [5.41, 5.74) is 2.41. The third-order valence-electron chi connectivity index (χ3n) is 6.65. The van der Waals surface area contributed by atoms with Crippen LogP contribution in [0.1, 0.15) is 49.3 Å². The van der Waals surface area contributed by atoms with Crippen molar-refractivity contribution >= 4 is 0 Å². The molecule has 0 unspecified atom stereocenters. The number of fused-ring (bicyclic) bond motifs is 1. The minimum Gasteiger partial charge on any atom is -0.481 e. The average molecular weight is 398 g/mol. The number of benzene rings is 1. The number of aromatic nitrogens is 2. The summed E-state index contributed by atoms with van der Waals surface area (Å²) in [6, 6.07) is 9.17. The Morgan fingerprint density at radius 2 is 1.93 bits per heavy atom. The van der Waals surface area contributed by atoms with E-state index in [0.717, 1.165) is 26.1 Å². The van der Waals surface area contributed by atoms with E-state index in [0.29, 0.717) is 29.7 Å². The van der Waals surface area contributed by atoms with Gasteiger partial charge in [0.15, 0.2) is 0 Å². The van der Waals surface area contributed by atoms with Gasteiger partial charge in [-0.15, -0.1) is 0 Å². The van der Waals surface area contributed by atoms with Gasteiger partial charge in [-0.25, -0.2) is 4.98 Å². The number of nitrogens with zero attached hydrogens (tertiary/aromatic N) is 3. The quantitative estimate of drug-likeness (QED) is 0.806. The van der Waals surface area contributed by atoms with Crippen LogP contribution in [-0.2, 0) is 12.1 Å². The average Bonchev–Trinajstić information content (AvgIpc) is 3.28. The van der Waals surface area contributed by atoms with E-state index >= 15 is 0 Å². The number of hydrogen-bond acceptors (Lipinski definition) is 6. The number of aliphatic hydroxyl groups is 1. The minimum absolute atomic E-state index is 0.156. The van der Waals surface area contributed by atoms with Gasteiger partial charge in [0.1, 0.15) is 5.60 Å². The lowest BCUT2D eigenvalue weighted by molar-refractivity contribution is -0.00972. The summed E-state index contributed by atoms with van der Waals surface area (Å²) >= 11 is 0. The van der Waals surface area contributed by atoms with Crippen LogP contribution in [0.15, 0.2) is 30.5 Å². The number of hydrogen-bond donors (Lipinski definition) is 1. The summed E-state index contributed by atoms with van der Waals surface area (Å²) < 4.78 is 10.6. The molecule has 29 heavy (non-hydrogen) atoms. The summed E-state index contributed by atoms with van der Waals surface area (Å²) in [5, 5.41) is 11.7. The van der Waals surface area contributed by atoms with Crippen molar-refractivity contribution in [3.63, 3.8) is 0 Å². The van der Waals surface area contributed by atoms with E-state index in [4.69, 9.17) is 9.47 Å². The maximum absolute atomic E-state index is 11.7. The molecule has 0 amide bonds. The summed E-state index contributed by atoms with van der Waals surface area (Å²) in [4.78, 5) is 11.0. The monoisotopic (exact) mass is 397 g/mol. The maximum Gasteiger partial charge on any atom is 0.319 e. The van der Waals surface area contributed by atoms with E-state index in [1.54, 1.807) is 13.3 Å². The predicted molar refractivity (Wildman–Crippen MR) is 111 cm³/mol. The van der Waals surface area contributed by atoms with Crippen LogP contribution in [0, 0.1) is 11.8 Å². The van der Waals surface area contributed by atoms with Crippen LogP contribution >= 0.6 is 0 Å². The Kier molecular flexibility index (Phi) is 5.49. The smallest absolute Gasteiger partial charge is 0.319 e. The molecule has 2 aliphatic rings. The molecule has 2 fully saturated rings. The molecule has 4 rings (SSSR count). The molecule has 1 saturated carbocycles. The van der Waals surface area contributed by atoms with Crippen molar-refractivity contribution in [3.05, 3.63) is 47.2 Å². The first-order valence-corrected chi connectivity index (χ1v) is 10.4. The molecule has 1 aliphatic carbocycles. The topological polar surface area (TPSA) is 67.7 Å². The van der Waals surface area contributed by atoms with Crippen LogP contribution in [0.2, 0.25) is 0 Å². The fourth-order valence-corrected chi connectivity index (χ4v) is 5.02. The van der Waals surface area contributed by atoms with Gasteiger partial charge in [0, 0.05) is 31.7 Å². The Morgan fingerprint density at radius 1 is 1.17 bits per heavy atom. The summed E-state index contributed by atoms with van der Waals surface area (Å²) in [6.07, 6.45) is 3.38. The van der Waals surface area contributed by atoms with Gasteiger partial charge in [-0.1, -0.05) is 38.1 Å². The van der Waals surface area contributed by atoms with E-state index in [9.17, 15) is 5.11 Å². The van der Waals surface area contributed by atoms with Crippen LogP contribution in [0.4, 0.5) is 0 Å². The SMILES string of the molecule is COc1ncc([C@]2(O)CC[C@H]3CN(Cc4ccc(C(C)C)cc4)C[C@H]32)c(OC)n1.